The Kier molecular flexibility index (Phi) is 3.92. The van der Waals surface area contributed by atoms with Gasteiger partial charge in [-0.2, -0.15) is 0 Å². The average Bonchev–Trinajstić information content (AvgIpc) is 2.68. The topological polar surface area (TPSA) is 54.9 Å². The van der Waals surface area contributed by atoms with Gasteiger partial charge >= 0.3 is 0 Å². The molecule has 1 aromatic heterocycles. The zero-order chi connectivity index (χ0) is 17.1. The lowest BCUT2D eigenvalue weighted by atomic mass is 10.0. The minimum atomic E-state index is -0.128. The fourth-order valence-corrected chi connectivity index (χ4v) is 2.73. The maximum absolute atomic E-state index is 12.5. The minimum absolute atomic E-state index is 0.128. The van der Waals surface area contributed by atoms with Crippen LogP contribution in [0.25, 0.3) is 22.0 Å². The number of rotatable bonds is 3. The van der Waals surface area contributed by atoms with Crippen LogP contribution in [0.1, 0.15) is 10.4 Å². The number of nitrogens with one attached hydrogen (secondary N) is 1. The third-order valence-corrected chi connectivity index (χ3v) is 3.99. The second-order valence-corrected chi connectivity index (χ2v) is 5.70. The molecular formula is C21H15N3O. The Morgan fingerprint density at radius 3 is 2.56 bits per heavy atom. The van der Waals surface area contributed by atoms with Crippen LogP contribution in [0.2, 0.25) is 0 Å². The monoisotopic (exact) mass is 325 g/mol. The first-order valence-electron chi connectivity index (χ1n) is 7.96. The van der Waals surface area contributed by atoms with Crippen molar-refractivity contribution in [3.8, 4) is 11.1 Å². The van der Waals surface area contributed by atoms with Gasteiger partial charge in [0.2, 0.25) is 0 Å². The van der Waals surface area contributed by atoms with Gasteiger partial charge in [0.15, 0.2) is 0 Å². The molecule has 3 aromatic carbocycles. The molecule has 0 fully saturated rings. The summed E-state index contributed by atoms with van der Waals surface area (Å²) in [5.41, 5.74) is 4.30. The van der Waals surface area contributed by atoms with E-state index in [1.807, 2.05) is 72.8 Å². The summed E-state index contributed by atoms with van der Waals surface area (Å²) in [7, 11) is 0. The molecule has 0 atom stereocenters. The third-order valence-electron chi connectivity index (χ3n) is 3.99. The Hall–Kier alpha value is -3.53. The lowest BCUT2D eigenvalue weighted by molar-refractivity contribution is 0.102. The van der Waals surface area contributed by atoms with Crippen LogP contribution in [-0.4, -0.2) is 15.9 Å². The first-order chi connectivity index (χ1) is 12.3. The van der Waals surface area contributed by atoms with Gasteiger partial charge in [0, 0.05) is 22.8 Å². The zero-order valence-corrected chi connectivity index (χ0v) is 13.4. The number of aromatic nitrogens is 2. The van der Waals surface area contributed by atoms with Crippen molar-refractivity contribution < 1.29 is 4.79 Å². The number of para-hydroxylation sites is 1. The minimum Gasteiger partial charge on any atom is -0.322 e. The van der Waals surface area contributed by atoms with E-state index >= 15 is 0 Å². The number of anilines is 1. The fraction of sp³-hybridized carbons (Fsp3) is 0. The number of carbonyl (C=O) groups excluding carboxylic acids is 1. The summed E-state index contributed by atoms with van der Waals surface area (Å²) in [6.07, 6.45) is 3.33. The molecule has 1 heterocycles. The zero-order valence-electron chi connectivity index (χ0n) is 13.4. The number of amides is 1. The van der Waals surface area contributed by atoms with Crippen molar-refractivity contribution in [1.29, 1.82) is 0 Å². The Labute approximate surface area is 145 Å². The van der Waals surface area contributed by atoms with Crippen molar-refractivity contribution in [1.82, 2.24) is 9.97 Å². The van der Waals surface area contributed by atoms with Crippen molar-refractivity contribution in [3.05, 3.63) is 90.9 Å². The summed E-state index contributed by atoms with van der Waals surface area (Å²) in [5, 5.41) is 3.88. The molecule has 0 saturated carbocycles. The van der Waals surface area contributed by atoms with E-state index in [4.69, 9.17) is 0 Å². The standard InChI is InChI=1S/C21H15N3O/c25-21(24-19-7-2-1-3-8-19)17-6-4-5-15(11-17)16-9-10-20-18(12-16)13-22-14-23-20/h1-14H,(H,24,25). The summed E-state index contributed by atoms with van der Waals surface area (Å²) in [6, 6.07) is 23.0. The highest BCUT2D eigenvalue weighted by molar-refractivity contribution is 6.05. The van der Waals surface area contributed by atoms with E-state index in [9.17, 15) is 4.79 Å². The lowest BCUT2D eigenvalue weighted by Crippen LogP contribution is -2.11. The van der Waals surface area contributed by atoms with Gasteiger partial charge in [-0.05, 0) is 47.5 Å². The molecule has 25 heavy (non-hydrogen) atoms. The number of benzene rings is 3. The maximum atomic E-state index is 12.5. The van der Waals surface area contributed by atoms with Crippen molar-refractivity contribution in [2.45, 2.75) is 0 Å². The molecule has 0 bridgehead atoms. The van der Waals surface area contributed by atoms with Crippen molar-refractivity contribution >= 4 is 22.5 Å². The molecule has 4 aromatic rings. The molecule has 1 N–H and O–H groups in total. The molecule has 0 aliphatic carbocycles. The molecule has 4 heteroatoms. The Morgan fingerprint density at radius 2 is 1.68 bits per heavy atom. The molecule has 4 nitrogen and oxygen atoms in total. The van der Waals surface area contributed by atoms with Crippen molar-refractivity contribution in [3.63, 3.8) is 0 Å². The van der Waals surface area contributed by atoms with Gasteiger partial charge in [-0.25, -0.2) is 9.97 Å². The Morgan fingerprint density at radius 1 is 0.840 bits per heavy atom. The molecule has 0 radical (unpaired) electrons. The molecule has 0 aliphatic heterocycles. The Balaban J connectivity index is 1.65. The molecule has 0 spiro atoms. The summed E-state index contributed by atoms with van der Waals surface area (Å²) >= 11 is 0. The SMILES string of the molecule is O=C(Nc1ccccc1)c1cccc(-c2ccc3ncncc3c2)c1. The van der Waals surface area contributed by atoms with Crippen LogP contribution < -0.4 is 5.32 Å². The average molecular weight is 325 g/mol. The second-order valence-electron chi connectivity index (χ2n) is 5.70. The summed E-state index contributed by atoms with van der Waals surface area (Å²) in [6.45, 7) is 0. The van der Waals surface area contributed by atoms with Crippen molar-refractivity contribution in [2.75, 3.05) is 5.32 Å². The highest BCUT2D eigenvalue weighted by atomic mass is 16.1. The summed E-state index contributed by atoms with van der Waals surface area (Å²) < 4.78 is 0. The molecule has 0 saturated heterocycles. The van der Waals surface area contributed by atoms with E-state index in [1.54, 1.807) is 6.20 Å². The number of nitrogens with zero attached hydrogens (tertiary/aromatic N) is 2. The van der Waals surface area contributed by atoms with Gasteiger partial charge in [0.25, 0.3) is 5.91 Å². The van der Waals surface area contributed by atoms with Crippen LogP contribution in [-0.2, 0) is 0 Å². The highest BCUT2D eigenvalue weighted by Crippen LogP contribution is 2.24. The Bertz CT molecular complexity index is 1040. The molecule has 0 aliphatic rings. The van der Waals surface area contributed by atoms with Gasteiger partial charge in [0.05, 0.1) is 5.52 Å². The molecule has 0 unspecified atom stereocenters. The summed E-state index contributed by atoms with van der Waals surface area (Å²) in [4.78, 5) is 20.8. The third kappa shape index (κ3) is 3.23. The van der Waals surface area contributed by atoms with Crippen molar-refractivity contribution in [2.24, 2.45) is 0 Å². The van der Waals surface area contributed by atoms with Gasteiger partial charge in [-0.1, -0.05) is 36.4 Å². The van der Waals surface area contributed by atoms with E-state index in [2.05, 4.69) is 15.3 Å². The highest BCUT2D eigenvalue weighted by Gasteiger charge is 2.08. The van der Waals surface area contributed by atoms with Crippen LogP contribution in [0, 0.1) is 0 Å². The summed E-state index contributed by atoms with van der Waals surface area (Å²) in [5.74, 6) is -0.128. The van der Waals surface area contributed by atoms with E-state index in [1.165, 1.54) is 6.33 Å². The van der Waals surface area contributed by atoms with E-state index in [-0.39, 0.29) is 5.91 Å². The predicted octanol–water partition coefficient (Wildman–Crippen LogP) is 4.55. The second kappa shape index (κ2) is 6.53. The lowest BCUT2D eigenvalue weighted by Gasteiger charge is -2.08. The number of hydrogen-bond donors (Lipinski definition) is 1. The first-order valence-corrected chi connectivity index (χ1v) is 7.96. The van der Waals surface area contributed by atoms with E-state index in [0.717, 1.165) is 27.7 Å². The molecule has 1 amide bonds. The predicted molar refractivity (Wildman–Crippen MR) is 99.4 cm³/mol. The number of fused-ring (bicyclic) bond motifs is 1. The first kappa shape index (κ1) is 15.0. The fourth-order valence-electron chi connectivity index (χ4n) is 2.73. The molecule has 4 rings (SSSR count). The van der Waals surface area contributed by atoms with Gasteiger partial charge < -0.3 is 5.32 Å². The van der Waals surface area contributed by atoms with Crippen LogP contribution >= 0.6 is 0 Å². The van der Waals surface area contributed by atoms with Gasteiger partial charge in [-0.3, -0.25) is 4.79 Å². The number of hydrogen-bond acceptors (Lipinski definition) is 3. The largest absolute Gasteiger partial charge is 0.322 e. The van der Waals surface area contributed by atoms with E-state index in [0.29, 0.717) is 5.56 Å². The molecule has 120 valence electrons. The molecular weight excluding hydrogens is 310 g/mol. The normalized spacial score (nSPS) is 10.6. The maximum Gasteiger partial charge on any atom is 0.255 e. The van der Waals surface area contributed by atoms with Crippen LogP contribution in [0.3, 0.4) is 0 Å². The van der Waals surface area contributed by atoms with Gasteiger partial charge in [-0.15, -0.1) is 0 Å². The smallest absolute Gasteiger partial charge is 0.255 e. The van der Waals surface area contributed by atoms with Crippen LogP contribution in [0.4, 0.5) is 5.69 Å². The van der Waals surface area contributed by atoms with Crippen LogP contribution in [0.5, 0.6) is 0 Å². The van der Waals surface area contributed by atoms with Crippen LogP contribution in [0.15, 0.2) is 85.3 Å². The van der Waals surface area contributed by atoms with Gasteiger partial charge in [0.1, 0.15) is 6.33 Å². The number of carbonyl (C=O) groups is 1. The quantitative estimate of drug-likeness (QED) is 0.601. The van der Waals surface area contributed by atoms with E-state index < -0.39 is 0 Å².